The van der Waals surface area contributed by atoms with Gasteiger partial charge < -0.3 is 47.0 Å². The second-order valence-electron chi connectivity index (χ2n) is 10.5. The van der Waals surface area contributed by atoms with Crippen molar-refractivity contribution in [3.63, 3.8) is 0 Å². The summed E-state index contributed by atoms with van der Waals surface area (Å²) in [7, 11) is 0. The molecule has 2 aromatic heterocycles. The number of phenolic OH excluding ortho intramolecular Hbond substituents is 1. The Labute approximate surface area is 252 Å². The van der Waals surface area contributed by atoms with Gasteiger partial charge in [0.15, 0.2) is 0 Å². The number of rotatable bonds is 14. The summed E-state index contributed by atoms with van der Waals surface area (Å²) in [5, 5.41) is 38.1. The van der Waals surface area contributed by atoms with E-state index in [1.54, 1.807) is 6.20 Å². The number of amides is 3. The molecule has 2 heterocycles. The van der Waals surface area contributed by atoms with E-state index in [9.17, 15) is 34.5 Å². The molecule has 4 aromatic rings. The Morgan fingerprint density at radius 1 is 0.886 bits per heavy atom. The SMILES string of the molecule is CC(O)C(NC(=O)C(N)Cc1cnc[nH]1)C(=O)NC(Cc1c[nH]c2ccccc12)C(=O)NC(Cc1ccc(O)cc1)C(=O)O. The van der Waals surface area contributed by atoms with E-state index in [1.165, 1.54) is 43.7 Å². The zero-order valence-electron chi connectivity index (χ0n) is 23.9. The number of fused-ring (bicyclic) bond motifs is 1. The molecule has 4 rings (SSSR count). The molecule has 14 nitrogen and oxygen atoms in total. The first-order valence-electron chi connectivity index (χ1n) is 13.9. The van der Waals surface area contributed by atoms with Crippen molar-refractivity contribution >= 4 is 34.6 Å². The van der Waals surface area contributed by atoms with Crippen molar-refractivity contribution < 1.29 is 34.5 Å². The number of aromatic amines is 2. The van der Waals surface area contributed by atoms with Gasteiger partial charge in [-0.1, -0.05) is 30.3 Å². The van der Waals surface area contributed by atoms with E-state index in [1.807, 2.05) is 24.3 Å². The summed E-state index contributed by atoms with van der Waals surface area (Å²) < 4.78 is 0. The van der Waals surface area contributed by atoms with Gasteiger partial charge in [-0.05, 0) is 36.2 Å². The predicted octanol–water partition coefficient (Wildman–Crippen LogP) is -0.128. The number of aliphatic hydroxyl groups is 1. The van der Waals surface area contributed by atoms with Crippen LogP contribution in [0.1, 0.15) is 23.7 Å². The maximum atomic E-state index is 13.6. The summed E-state index contributed by atoms with van der Waals surface area (Å²) >= 11 is 0. The minimum atomic E-state index is -1.47. The van der Waals surface area contributed by atoms with Crippen LogP contribution in [0.4, 0.5) is 0 Å². The largest absolute Gasteiger partial charge is 0.508 e. The van der Waals surface area contributed by atoms with Crippen LogP contribution in [-0.2, 0) is 38.4 Å². The summed E-state index contributed by atoms with van der Waals surface area (Å²) in [4.78, 5) is 61.7. The minimum absolute atomic E-state index is 0.00758. The lowest BCUT2D eigenvalue weighted by Crippen LogP contribution is -2.60. The maximum Gasteiger partial charge on any atom is 0.326 e. The molecule has 2 aromatic carbocycles. The number of aliphatic hydroxyl groups excluding tert-OH is 1. The number of H-pyrrole nitrogens is 2. The van der Waals surface area contributed by atoms with Crippen LogP contribution in [0.15, 0.2) is 67.3 Å². The van der Waals surface area contributed by atoms with Crippen LogP contribution in [-0.4, -0.2) is 84.2 Å². The molecule has 0 aliphatic rings. The van der Waals surface area contributed by atoms with Crippen LogP contribution in [0.2, 0.25) is 0 Å². The van der Waals surface area contributed by atoms with Gasteiger partial charge in [0.2, 0.25) is 17.7 Å². The average Bonchev–Trinajstić information content (AvgIpc) is 3.65. The van der Waals surface area contributed by atoms with E-state index in [-0.39, 0.29) is 25.0 Å². The lowest BCUT2D eigenvalue weighted by atomic mass is 10.0. The standard InChI is InChI=1S/C30H35N7O7/c1-16(38)26(37-27(40)22(31)12-19-14-32-15-34-19)29(42)35-24(11-18-13-33-23-5-3-2-4-21(18)23)28(41)36-25(30(43)44)10-17-6-8-20(39)9-7-17/h2-9,13-16,22,24-26,33,38-39H,10-12,31H2,1H3,(H,32,34)(H,35,42)(H,36,41)(H,37,40)(H,43,44). The molecule has 0 aliphatic carbocycles. The summed E-state index contributed by atoms with van der Waals surface area (Å²) in [5.74, 6) is -3.66. The lowest BCUT2D eigenvalue weighted by molar-refractivity contribution is -0.142. The molecule has 10 N–H and O–H groups in total. The second-order valence-corrected chi connectivity index (χ2v) is 10.5. The van der Waals surface area contributed by atoms with Gasteiger partial charge in [-0.25, -0.2) is 9.78 Å². The van der Waals surface area contributed by atoms with Gasteiger partial charge in [0.1, 0.15) is 23.9 Å². The molecule has 14 heteroatoms. The van der Waals surface area contributed by atoms with Gasteiger partial charge in [0.25, 0.3) is 0 Å². The smallest absolute Gasteiger partial charge is 0.326 e. The number of phenols is 1. The normalized spacial score (nSPS) is 14.6. The first kappa shape index (κ1) is 31.7. The zero-order valence-corrected chi connectivity index (χ0v) is 23.9. The van der Waals surface area contributed by atoms with E-state index >= 15 is 0 Å². The number of carboxylic acids is 1. The third-order valence-corrected chi connectivity index (χ3v) is 7.12. The van der Waals surface area contributed by atoms with E-state index < -0.39 is 54.0 Å². The number of imidazole rings is 1. The zero-order chi connectivity index (χ0) is 31.8. The number of benzene rings is 2. The molecular weight excluding hydrogens is 570 g/mol. The predicted molar refractivity (Wildman–Crippen MR) is 159 cm³/mol. The van der Waals surface area contributed by atoms with Crippen LogP contribution in [0.5, 0.6) is 5.75 Å². The number of aliphatic carboxylic acids is 1. The summed E-state index contributed by atoms with van der Waals surface area (Å²) in [6, 6.07) is 8.03. The highest BCUT2D eigenvalue weighted by molar-refractivity contribution is 5.95. The van der Waals surface area contributed by atoms with E-state index in [2.05, 4.69) is 30.9 Å². The molecule has 0 bridgehead atoms. The van der Waals surface area contributed by atoms with Crippen molar-refractivity contribution in [2.24, 2.45) is 5.73 Å². The van der Waals surface area contributed by atoms with Crippen molar-refractivity contribution in [3.8, 4) is 5.75 Å². The molecule has 3 amide bonds. The monoisotopic (exact) mass is 605 g/mol. The molecule has 0 radical (unpaired) electrons. The highest BCUT2D eigenvalue weighted by Crippen LogP contribution is 2.20. The molecule has 232 valence electrons. The third kappa shape index (κ3) is 8.20. The van der Waals surface area contributed by atoms with Gasteiger partial charge in [0.05, 0.1) is 18.5 Å². The minimum Gasteiger partial charge on any atom is -0.508 e. The number of hydrogen-bond donors (Lipinski definition) is 9. The fraction of sp³-hybridized carbons (Fsp3) is 0.300. The molecule has 44 heavy (non-hydrogen) atoms. The van der Waals surface area contributed by atoms with Crippen LogP contribution < -0.4 is 21.7 Å². The van der Waals surface area contributed by atoms with Crippen molar-refractivity contribution in [3.05, 3.63) is 84.1 Å². The highest BCUT2D eigenvalue weighted by atomic mass is 16.4. The number of carbonyl (C=O) groups is 4. The number of nitrogens with zero attached hydrogens (tertiary/aromatic N) is 1. The van der Waals surface area contributed by atoms with Crippen LogP contribution in [0.25, 0.3) is 10.9 Å². The van der Waals surface area contributed by atoms with Gasteiger partial charge in [-0.2, -0.15) is 0 Å². The number of carboxylic acid groups (broad SMARTS) is 1. The van der Waals surface area contributed by atoms with Crippen LogP contribution in [0, 0.1) is 0 Å². The van der Waals surface area contributed by atoms with Gasteiger partial charge >= 0.3 is 5.97 Å². The fourth-order valence-electron chi connectivity index (χ4n) is 4.72. The number of carbonyl (C=O) groups excluding carboxylic acids is 3. The molecule has 0 fully saturated rings. The molecule has 0 saturated heterocycles. The number of para-hydroxylation sites is 1. The number of nitrogens with two attached hydrogens (primary N) is 1. The summed E-state index contributed by atoms with van der Waals surface area (Å²) in [6.45, 7) is 1.30. The van der Waals surface area contributed by atoms with E-state index in [0.717, 1.165) is 10.9 Å². The lowest BCUT2D eigenvalue weighted by Gasteiger charge is -2.26. The molecule has 0 aliphatic heterocycles. The molecule has 5 unspecified atom stereocenters. The summed E-state index contributed by atoms with van der Waals surface area (Å²) in [6.07, 6.45) is 3.24. The first-order valence-corrected chi connectivity index (χ1v) is 13.9. The Hall–Kier alpha value is -5.21. The Kier molecular flexibility index (Phi) is 10.3. The van der Waals surface area contributed by atoms with Gasteiger partial charge in [-0.15, -0.1) is 0 Å². The van der Waals surface area contributed by atoms with Crippen molar-refractivity contribution in [2.75, 3.05) is 0 Å². The maximum absolute atomic E-state index is 13.6. The van der Waals surface area contributed by atoms with E-state index in [4.69, 9.17) is 5.73 Å². The Morgan fingerprint density at radius 3 is 2.25 bits per heavy atom. The third-order valence-electron chi connectivity index (χ3n) is 7.12. The average molecular weight is 606 g/mol. The molecular formula is C30H35N7O7. The molecule has 5 atom stereocenters. The van der Waals surface area contributed by atoms with Gasteiger partial charge in [0, 0.05) is 48.3 Å². The van der Waals surface area contributed by atoms with Crippen molar-refractivity contribution in [1.82, 2.24) is 30.9 Å². The van der Waals surface area contributed by atoms with Crippen molar-refractivity contribution in [2.45, 2.75) is 56.5 Å². The molecule has 0 spiro atoms. The Bertz CT molecular complexity index is 1580. The fourth-order valence-corrected chi connectivity index (χ4v) is 4.72. The number of nitrogens with one attached hydrogen (secondary N) is 5. The summed E-state index contributed by atoms with van der Waals surface area (Å²) in [5.41, 5.74) is 8.61. The van der Waals surface area contributed by atoms with Crippen LogP contribution >= 0.6 is 0 Å². The number of aromatic hydroxyl groups is 1. The highest BCUT2D eigenvalue weighted by Gasteiger charge is 2.33. The first-order chi connectivity index (χ1) is 21.0. The Morgan fingerprint density at radius 2 is 1.59 bits per heavy atom. The number of hydrogen-bond acceptors (Lipinski definition) is 8. The van der Waals surface area contributed by atoms with Crippen molar-refractivity contribution in [1.29, 1.82) is 0 Å². The van der Waals surface area contributed by atoms with Gasteiger partial charge in [-0.3, -0.25) is 14.4 Å². The number of aromatic nitrogens is 3. The second kappa shape index (κ2) is 14.3. The quantitative estimate of drug-likeness (QED) is 0.0929. The Balaban J connectivity index is 1.53. The topological polar surface area (TPSA) is 236 Å². The van der Waals surface area contributed by atoms with Crippen LogP contribution in [0.3, 0.4) is 0 Å². The van der Waals surface area contributed by atoms with E-state index in [0.29, 0.717) is 16.8 Å². The molecule has 0 saturated carbocycles.